The first-order valence-electron chi connectivity index (χ1n) is 6.64. The molecule has 0 amide bonds. The molecule has 0 N–H and O–H groups in total. The highest BCUT2D eigenvalue weighted by Gasteiger charge is 2.89. The van der Waals surface area contributed by atoms with E-state index in [2.05, 4.69) is 0 Å². The van der Waals surface area contributed by atoms with Crippen LogP contribution in [0.4, 0.5) is 0 Å². The Morgan fingerprint density at radius 3 is 2.43 bits per heavy atom. The van der Waals surface area contributed by atoms with Gasteiger partial charge in [-0.2, -0.15) is 0 Å². The predicted octanol–water partition coefficient (Wildman–Crippen LogP) is 1.17. The van der Waals surface area contributed by atoms with Gasteiger partial charge < -0.3 is 14.2 Å². The zero-order valence-corrected chi connectivity index (χ0v) is 12.8. The first kappa shape index (κ1) is 14.5. The maximum absolute atomic E-state index is 12.8. The Kier molecular flexibility index (Phi) is 2.96. The van der Waals surface area contributed by atoms with Crippen molar-refractivity contribution in [2.75, 3.05) is 6.61 Å². The average Bonchev–Trinajstić information content (AvgIpc) is 3.02. The number of sulfone groups is 1. The van der Waals surface area contributed by atoms with E-state index in [1.807, 2.05) is 6.92 Å². The largest absolute Gasteiger partial charge is 0.429 e. The zero-order chi connectivity index (χ0) is 15.5. The molecule has 114 valence electrons. The van der Waals surface area contributed by atoms with Crippen molar-refractivity contribution in [1.29, 1.82) is 0 Å². The smallest absolute Gasteiger partial charge is 0.360 e. The van der Waals surface area contributed by atoms with Gasteiger partial charge in [0.25, 0.3) is 0 Å². The Morgan fingerprint density at radius 2 is 1.90 bits per heavy atom. The lowest BCUT2D eigenvalue weighted by Crippen LogP contribution is -2.37. The van der Waals surface area contributed by atoms with Crippen LogP contribution in [-0.2, 0) is 28.8 Å². The standard InChI is InChI=1S/C14H16O6S/c1-4-18-12-13(3)14(20-13,11(15)19-12)21(16,17)10-7-5-9(2)6-8-10/h5-8,12H,4H2,1-3H3/t12-,13+,14+/m1/s1. The van der Waals surface area contributed by atoms with Crippen molar-refractivity contribution in [3.05, 3.63) is 29.8 Å². The molecule has 3 rings (SSSR count). The molecule has 0 saturated carbocycles. The normalized spacial score (nSPS) is 34.4. The number of fused-ring (bicyclic) bond motifs is 1. The lowest BCUT2D eigenvalue weighted by molar-refractivity contribution is -0.187. The molecule has 0 aliphatic carbocycles. The number of hydrogen-bond acceptors (Lipinski definition) is 6. The lowest BCUT2D eigenvalue weighted by atomic mass is 10.1. The van der Waals surface area contributed by atoms with Crippen molar-refractivity contribution in [2.45, 2.75) is 42.5 Å². The van der Waals surface area contributed by atoms with E-state index in [0.29, 0.717) is 0 Å². The van der Waals surface area contributed by atoms with E-state index < -0.39 is 32.6 Å². The lowest BCUT2D eigenvalue weighted by Gasteiger charge is -2.14. The van der Waals surface area contributed by atoms with Gasteiger partial charge in [0.1, 0.15) is 0 Å². The van der Waals surface area contributed by atoms with Crippen molar-refractivity contribution < 1.29 is 27.4 Å². The molecule has 0 bridgehead atoms. The summed E-state index contributed by atoms with van der Waals surface area (Å²) in [6, 6.07) is 6.26. The second-order valence-electron chi connectivity index (χ2n) is 5.33. The molecule has 21 heavy (non-hydrogen) atoms. The summed E-state index contributed by atoms with van der Waals surface area (Å²) in [4.78, 5) is 10.2. The van der Waals surface area contributed by atoms with Crippen LogP contribution in [0.15, 0.2) is 29.2 Å². The van der Waals surface area contributed by atoms with Gasteiger partial charge in [-0.25, -0.2) is 13.2 Å². The Hall–Kier alpha value is -1.44. The van der Waals surface area contributed by atoms with Crippen molar-refractivity contribution in [1.82, 2.24) is 0 Å². The Labute approximate surface area is 122 Å². The van der Waals surface area contributed by atoms with E-state index in [-0.39, 0.29) is 11.5 Å². The highest BCUT2D eigenvalue weighted by atomic mass is 32.2. The van der Waals surface area contributed by atoms with Crippen molar-refractivity contribution in [3.8, 4) is 0 Å². The topological polar surface area (TPSA) is 82.2 Å². The fourth-order valence-corrected chi connectivity index (χ4v) is 4.67. The molecule has 6 nitrogen and oxygen atoms in total. The van der Waals surface area contributed by atoms with E-state index in [1.54, 1.807) is 19.1 Å². The summed E-state index contributed by atoms with van der Waals surface area (Å²) in [5.41, 5.74) is -0.379. The van der Waals surface area contributed by atoms with E-state index in [9.17, 15) is 13.2 Å². The van der Waals surface area contributed by atoms with Gasteiger partial charge in [-0.15, -0.1) is 0 Å². The molecule has 3 atom stereocenters. The highest BCUT2D eigenvalue weighted by molar-refractivity contribution is 7.93. The molecule has 2 saturated heterocycles. The number of carbonyl (C=O) groups is 1. The van der Waals surface area contributed by atoms with Gasteiger partial charge in [-0.05, 0) is 32.9 Å². The summed E-state index contributed by atoms with van der Waals surface area (Å²) >= 11 is 0. The van der Waals surface area contributed by atoms with Gasteiger partial charge in [-0.1, -0.05) is 17.7 Å². The minimum Gasteiger partial charge on any atom is -0.429 e. The fourth-order valence-electron chi connectivity index (χ4n) is 2.67. The third-order valence-electron chi connectivity index (χ3n) is 3.93. The predicted molar refractivity (Wildman–Crippen MR) is 72.1 cm³/mol. The first-order valence-corrected chi connectivity index (χ1v) is 8.12. The summed E-state index contributed by atoms with van der Waals surface area (Å²) in [6.45, 7) is 5.39. The third-order valence-corrected chi connectivity index (χ3v) is 6.23. The minimum atomic E-state index is -4.02. The zero-order valence-electron chi connectivity index (χ0n) is 12.0. The van der Waals surface area contributed by atoms with Crippen molar-refractivity contribution >= 4 is 15.8 Å². The molecule has 2 fully saturated rings. The summed E-state index contributed by atoms with van der Waals surface area (Å²) in [7, 11) is -4.02. The van der Waals surface area contributed by atoms with Crippen molar-refractivity contribution in [2.24, 2.45) is 0 Å². The average molecular weight is 312 g/mol. The van der Waals surface area contributed by atoms with Gasteiger partial charge >= 0.3 is 10.9 Å². The van der Waals surface area contributed by atoms with Gasteiger partial charge in [-0.3, -0.25) is 0 Å². The Balaban J connectivity index is 2.04. The number of aryl methyl sites for hydroxylation is 1. The molecule has 1 aromatic carbocycles. The van der Waals surface area contributed by atoms with Crippen LogP contribution in [0.5, 0.6) is 0 Å². The quantitative estimate of drug-likeness (QED) is 0.613. The number of benzene rings is 1. The molecule has 2 heterocycles. The van der Waals surface area contributed by atoms with Crippen LogP contribution in [-0.4, -0.2) is 37.8 Å². The maximum atomic E-state index is 12.8. The maximum Gasteiger partial charge on any atom is 0.360 e. The molecule has 0 radical (unpaired) electrons. The molecular formula is C14H16O6S. The number of epoxide rings is 1. The van der Waals surface area contributed by atoms with Crippen LogP contribution < -0.4 is 0 Å². The molecule has 0 unspecified atom stereocenters. The van der Waals surface area contributed by atoms with Crippen LogP contribution in [0, 0.1) is 6.92 Å². The van der Waals surface area contributed by atoms with Gasteiger partial charge in [0, 0.05) is 6.61 Å². The number of ether oxygens (including phenoxy) is 3. The van der Waals surface area contributed by atoms with E-state index in [0.717, 1.165) is 5.56 Å². The number of rotatable bonds is 4. The van der Waals surface area contributed by atoms with Crippen LogP contribution in [0.25, 0.3) is 0 Å². The van der Waals surface area contributed by atoms with E-state index in [1.165, 1.54) is 19.1 Å². The highest BCUT2D eigenvalue weighted by Crippen LogP contribution is 2.61. The van der Waals surface area contributed by atoms with E-state index >= 15 is 0 Å². The molecule has 7 heteroatoms. The third kappa shape index (κ3) is 1.65. The fraction of sp³-hybridized carbons (Fsp3) is 0.500. The van der Waals surface area contributed by atoms with Crippen LogP contribution in [0.1, 0.15) is 19.4 Å². The van der Waals surface area contributed by atoms with Crippen LogP contribution >= 0.6 is 0 Å². The second-order valence-corrected chi connectivity index (χ2v) is 7.39. The Morgan fingerprint density at radius 1 is 1.29 bits per heavy atom. The van der Waals surface area contributed by atoms with Crippen LogP contribution in [0.3, 0.4) is 0 Å². The summed E-state index contributed by atoms with van der Waals surface area (Å²) < 4.78 is 41.3. The molecule has 2 aliphatic heterocycles. The molecule has 0 spiro atoms. The Bertz CT molecular complexity index is 695. The second kappa shape index (κ2) is 4.28. The van der Waals surface area contributed by atoms with E-state index in [4.69, 9.17) is 14.2 Å². The van der Waals surface area contributed by atoms with Gasteiger partial charge in [0.05, 0.1) is 4.90 Å². The molecule has 1 aromatic rings. The van der Waals surface area contributed by atoms with Crippen LogP contribution in [0.2, 0.25) is 0 Å². The molecular weight excluding hydrogens is 296 g/mol. The summed E-state index contributed by atoms with van der Waals surface area (Å²) in [5, 5.41) is 0. The summed E-state index contributed by atoms with van der Waals surface area (Å²) in [6.07, 6.45) is -1.00. The monoisotopic (exact) mass is 312 g/mol. The minimum absolute atomic E-state index is 0.0333. The number of carbonyl (C=O) groups excluding carboxylic acids is 1. The first-order chi connectivity index (χ1) is 9.79. The summed E-state index contributed by atoms with van der Waals surface area (Å²) in [5.74, 6) is -0.913. The number of cyclic esters (lactones) is 1. The number of esters is 1. The van der Waals surface area contributed by atoms with Gasteiger partial charge in [0.2, 0.25) is 16.1 Å². The van der Waals surface area contributed by atoms with Crippen molar-refractivity contribution in [3.63, 3.8) is 0 Å². The number of hydrogen-bond donors (Lipinski definition) is 0. The molecule has 0 aromatic heterocycles. The van der Waals surface area contributed by atoms with Gasteiger partial charge in [0.15, 0.2) is 5.60 Å². The molecule has 2 aliphatic rings. The SMILES string of the molecule is CCO[C@@H]1OC(=O)[C@@]2(S(=O)(=O)c3ccc(C)cc3)O[C@@]12C.